The Morgan fingerprint density at radius 1 is 1.22 bits per heavy atom. The molecule has 0 radical (unpaired) electrons. The van der Waals surface area contributed by atoms with E-state index in [4.69, 9.17) is 23.2 Å². The number of benzene rings is 1. The van der Waals surface area contributed by atoms with Gasteiger partial charge in [0.15, 0.2) is 0 Å². The van der Waals surface area contributed by atoms with Gasteiger partial charge in [0.05, 0.1) is 20.9 Å². The first-order valence-corrected chi connectivity index (χ1v) is 8.90. The molecule has 0 spiro atoms. The van der Waals surface area contributed by atoms with Gasteiger partial charge >= 0.3 is 0 Å². The molecule has 8 heteroatoms. The van der Waals surface area contributed by atoms with Crippen LogP contribution in [0.5, 0.6) is 0 Å². The van der Waals surface area contributed by atoms with Crippen LogP contribution in [0.1, 0.15) is 23.2 Å². The number of rotatable bonds is 5. The van der Waals surface area contributed by atoms with Gasteiger partial charge in [-0.25, -0.2) is 9.19 Å². The molecule has 1 aliphatic rings. The maximum Gasteiger partial charge on any atom is 0.258 e. The number of amides is 1. The molecular formula is C15H13Cl2N3O2S. The predicted octanol–water partition coefficient (Wildman–Crippen LogP) is 3.88. The van der Waals surface area contributed by atoms with Gasteiger partial charge in [-0.05, 0) is 31.0 Å². The van der Waals surface area contributed by atoms with Crippen molar-refractivity contribution in [3.05, 3.63) is 52.1 Å². The molecule has 1 heterocycles. The van der Waals surface area contributed by atoms with Gasteiger partial charge in [0.2, 0.25) is 0 Å². The molecular weight excluding hydrogens is 357 g/mol. The Bertz CT molecular complexity index is 761. The zero-order valence-electron chi connectivity index (χ0n) is 11.9. The van der Waals surface area contributed by atoms with E-state index in [0.29, 0.717) is 11.5 Å². The lowest BCUT2D eigenvalue weighted by molar-refractivity contribution is 0.102. The second-order valence-electron chi connectivity index (χ2n) is 5.08. The lowest BCUT2D eigenvalue weighted by atomic mass is 10.2. The summed E-state index contributed by atoms with van der Waals surface area (Å²) >= 11 is 12.0. The van der Waals surface area contributed by atoms with Crippen molar-refractivity contribution in [3.63, 3.8) is 0 Å². The van der Waals surface area contributed by atoms with E-state index in [2.05, 4.69) is 15.0 Å². The highest BCUT2D eigenvalue weighted by molar-refractivity contribution is 7.87. The van der Waals surface area contributed by atoms with Crippen molar-refractivity contribution < 1.29 is 9.00 Å². The van der Waals surface area contributed by atoms with Crippen molar-refractivity contribution >= 4 is 51.6 Å². The Hall–Kier alpha value is -1.63. The number of hydrogen-bond acceptors (Lipinski definition) is 3. The van der Waals surface area contributed by atoms with E-state index in [-0.39, 0.29) is 20.9 Å². The van der Waals surface area contributed by atoms with Gasteiger partial charge in [-0.3, -0.25) is 9.52 Å². The molecule has 1 aromatic carbocycles. The van der Waals surface area contributed by atoms with Gasteiger partial charge in [-0.2, -0.15) is 0 Å². The zero-order chi connectivity index (χ0) is 16.4. The maximum atomic E-state index is 12.3. The number of halogens is 2. The Labute approximate surface area is 146 Å². The molecule has 1 unspecified atom stereocenters. The lowest BCUT2D eigenvalue weighted by Crippen LogP contribution is -2.14. The van der Waals surface area contributed by atoms with Crippen molar-refractivity contribution in [2.75, 3.05) is 10.0 Å². The minimum absolute atomic E-state index is 0.192. The molecule has 1 amide bonds. The fourth-order valence-electron chi connectivity index (χ4n) is 1.94. The number of carbonyl (C=O) groups is 1. The Kier molecular flexibility index (Phi) is 4.84. The van der Waals surface area contributed by atoms with Crippen LogP contribution in [0.4, 0.5) is 11.5 Å². The summed E-state index contributed by atoms with van der Waals surface area (Å²) in [5, 5.41) is 3.45. The number of nitrogens with zero attached hydrogens (tertiary/aromatic N) is 1. The molecule has 1 saturated carbocycles. The number of anilines is 2. The topological polar surface area (TPSA) is 71.1 Å². The molecule has 1 aromatic heterocycles. The van der Waals surface area contributed by atoms with Crippen molar-refractivity contribution in [1.29, 1.82) is 0 Å². The molecule has 1 atom stereocenters. The average Bonchev–Trinajstić information content (AvgIpc) is 3.32. The van der Waals surface area contributed by atoms with E-state index in [9.17, 15) is 9.00 Å². The molecule has 23 heavy (non-hydrogen) atoms. The molecule has 3 rings (SSSR count). The third-order valence-corrected chi connectivity index (χ3v) is 5.36. The van der Waals surface area contributed by atoms with Crippen LogP contribution in [0.25, 0.3) is 0 Å². The molecule has 5 nitrogen and oxygen atoms in total. The standard InChI is InChI=1S/C15H13Cl2N3O2S/c16-11-2-1-3-12(17)14(11)15(21)19-9-6-7-18-13(8-9)20-23(22)10-4-5-10/h1-3,6-8,10H,4-5H2,(H2,18,19,20,21). The summed E-state index contributed by atoms with van der Waals surface area (Å²) in [7, 11) is -1.14. The summed E-state index contributed by atoms with van der Waals surface area (Å²) in [5.74, 6) is 0.0272. The monoisotopic (exact) mass is 369 g/mol. The summed E-state index contributed by atoms with van der Waals surface area (Å²) in [6, 6.07) is 8.11. The fourth-order valence-corrected chi connectivity index (χ4v) is 3.56. The van der Waals surface area contributed by atoms with E-state index < -0.39 is 16.9 Å². The van der Waals surface area contributed by atoms with Gasteiger partial charge < -0.3 is 5.32 Å². The number of nitrogens with one attached hydrogen (secondary N) is 2. The molecule has 1 fully saturated rings. The SMILES string of the molecule is O=C(Nc1ccnc(NS(=O)C2CC2)c1)c1c(Cl)cccc1Cl. The minimum atomic E-state index is -1.14. The van der Waals surface area contributed by atoms with Crippen LogP contribution < -0.4 is 10.0 Å². The number of aromatic nitrogens is 1. The molecule has 0 saturated heterocycles. The summed E-state index contributed by atoms with van der Waals surface area (Å²) in [5.41, 5.74) is 0.722. The molecule has 120 valence electrons. The smallest absolute Gasteiger partial charge is 0.258 e. The van der Waals surface area contributed by atoms with Gasteiger partial charge in [0.25, 0.3) is 5.91 Å². The van der Waals surface area contributed by atoms with Crippen molar-refractivity contribution in [2.24, 2.45) is 0 Å². The third-order valence-electron chi connectivity index (χ3n) is 3.24. The zero-order valence-corrected chi connectivity index (χ0v) is 14.2. The number of pyridine rings is 1. The van der Waals surface area contributed by atoms with E-state index >= 15 is 0 Å². The van der Waals surface area contributed by atoms with Crippen LogP contribution in [0, 0.1) is 0 Å². The number of hydrogen-bond donors (Lipinski definition) is 2. The van der Waals surface area contributed by atoms with E-state index in [1.807, 2.05) is 0 Å². The van der Waals surface area contributed by atoms with E-state index in [1.165, 1.54) is 6.20 Å². The first-order chi connectivity index (χ1) is 11.0. The largest absolute Gasteiger partial charge is 0.322 e. The minimum Gasteiger partial charge on any atom is -0.322 e. The fraction of sp³-hybridized carbons (Fsp3) is 0.200. The van der Waals surface area contributed by atoms with Gasteiger partial charge in [0.1, 0.15) is 16.8 Å². The van der Waals surface area contributed by atoms with Crippen LogP contribution >= 0.6 is 23.2 Å². The van der Waals surface area contributed by atoms with Crippen molar-refractivity contribution in [1.82, 2.24) is 4.98 Å². The van der Waals surface area contributed by atoms with Crippen LogP contribution in [0.2, 0.25) is 10.0 Å². The van der Waals surface area contributed by atoms with Crippen LogP contribution in [-0.4, -0.2) is 20.3 Å². The second-order valence-corrected chi connectivity index (χ2v) is 7.36. The van der Waals surface area contributed by atoms with Crippen LogP contribution in [0.15, 0.2) is 36.5 Å². The molecule has 2 N–H and O–H groups in total. The normalized spacial score (nSPS) is 15.0. The summed E-state index contributed by atoms with van der Waals surface area (Å²) in [6.07, 6.45) is 3.44. The molecule has 0 bridgehead atoms. The Balaban J connectivity index is 1.74. The van der Waals surface area contributed by atoms with Gasteiger partial charge in [0, 0.05) is 18.0 Å². The lowest BCUT2D eigenvalue weighted by Gasteiger charge is -2.10. The highest BCUT2D eigenvalue weighted by Crippen LogP contribution is 2.28. The van der Waals surface area contributed by atoms with E-state index in [1.54, 1.807) is 30.3 Å². The second kappa shape index (κ2) is 6.86. The average molecular weight is 370 g/mol. The molecule has 1 aliphatic carbocycles. The molecule has 0 aliphatic heterocycles. The van der Waals surface area contributed by atoms with Crippen molar-refractivity contribution in [2.45, 2.75) is 18.1 Å². The van der Waals surface area contributed by atoms with Gasteiger partial charge in [-0.15, -0.1) is 0 Å². The molecule has 2 aromatic rings. The van der Waals surface area contributed by atoms with Crippen LogP contribution in [0.3, 0.4) is 0 Å². The third kappa shape index (κ3) is 4.02. The van der Waals surface area contributed by atoms with E-state index in [0.717, 1.165) is 12.8 Å². The van der Waals surface area contributed by atoms with Crippen LogP contribution in [-0.2, 0) is 11.0 Å². The predicted molar refractivity (Wildman–Crippen MR) is 93.4 cm³/mol. The highest BCUT2D eigenvalue weighted by Gasteiger charge is 2.28. The number of carbonyl (C=O) groups excluding carboxylic acids is 1. The quantitative estimate of drug-likeness (QED) is 0.839. The van der Waals surface area contributed by atoms with Crippen molar-refractivity contribution in [3.8, 4) is 0 Å². The Morgan fingerprint density at radius 3 is 2.57 bits per heavy atom. The summed E-state index contributed by atoms with van der Waals surface area (Å²) in [6.45, 7) is 0. The highest BCUT2D eigenvalue weighted by atomic mass is 35.5. The first-order valence-electron chi connectivity index (χ1n) is 6.93. The summed E-state index contributed by atoms with van der Waals surface area (Å²) < 4.78 is 14.7. The first kappa shape index (κ1) is 16.2. The maximum absolute atomic E-state index is 12.3. The van der Waals surface area contributed by atoms with Gasteiger partial charge in [-0.1, -0.05) is 29.3 Å². The summed E-state index contributed by atoms with van der Waals surface area (Å²) in [4.78, 5) is 16.4. The Morgan fingerprint density at radius 2 is 1.91 bits per heavy atom.